The Labute approximate surface area is 172 Å². The SMILES string of the molecule is Cc1ccc(C)c(/C(O)=C2/C(=O)C(=O)N(c3ccc(Cl)cc3)C2c2ccco2)c1. The highest BCUT2D eigenvalue weighted by molar-refractivity contribution is 6.51. The molecule has 1 aromatic heterocycles. The van der Waals surface area contributed by atoms with E-state index in [1.165, 1.54) is 11.2 Å². The number of carbonyl (C=O) groups excluding carboxylic acids is 2. The summed E-state index contributed by atoms with van der Waals surface area (Å²) in [6.07, 6.45) is 1.47. The number of benzene rings is 2. The maximum atomic E-state index is 13.0. The summed E-state index contributed by atoms with van der Waals surface area (Å²) in [5, 5.41) is 11.6. The number of hydrogen-bond acceptors (Lipinski definition) is 4. The summed E-state index contributed by atoms with van der Waals surface area (Å²) in [5.41, 5.74) is 2.71. The second-order valence-electron chi connectivity index (χ2n) is 6.98. The number of rotatable bonds is 3. The normalized spacial score (nSPS) is 18.4. The predicted octanol–water partition coefficient (Wildman–Crippen LogP) is 5.18. The molecular formula is C23H18ClNO4. The molecule has 146 valence electrons. The van der Waals surface area contributed by atoms with Gasteiger partial charge >= 0.3 is 0 Å². The standard InChI is InChI=1S/C23H18ClNO4/c1-13-5-6-14(2)17(12-13)21(26)19-20(18-4-3-11-29-18)25(23(28)22(19)27)16-9-7-15(24)8-10-16/h3-12,20,26H,1-2H3/b21-19-. The number of aliphatic hydroxyl groups is 1. The van der Waals surface area contributed by atoms with Crippen molar-refractivity contribution in [2.75, 3.05) is 4.90 Å². The maximum Gasteiger partial charge on any atom is 0.300 e. The lowest BCUT2D eigenvalue weighted by atomic mass is 9.96. The van der Waals surface area contributed by atoms with Gasteiger partial charge in [-0.2, -0.15) is 0 Å². The first-order chi connectivity index (χ1) is 13.9. The monoisotopic (exact) mass is 407 g/mol. The van der Waals surface area contributed by atoms with Gasteiger partial charge in [0, 0.05) is 16.3 Å². The molecule has 2 heterocycles. The highest BCUT2D eigenvalue weighted by atomic mass is 35.5. The van der Waals surface area contributed by atoms with Gasteiger partial charge in [-0.05, 0) is 61.9 Å². The van der Waals surface area contributed by atoms with Crippen LogP contribution in [0.3, 0.4) is 0 Å². The molecule has 1 fully saturated rings. The van der Waals surface area contributed by atoms with Crippen LogP contribution in [0.4, 0.5) is 5.69 Å². The first-order valence-corrected chi connectivity index (χ1v) is 9.44. The lowest BCUT2D eigenvalue weighted by Crippen LogP contribution is -2.29. The van der Waals surface area contributed by atoms with E-state index in [1.54, 1.807) is 42.5 Å². The largest absolute Gasteiger partial charge is 0.507 e. The van der Waals surface area contributed by atoms with Gasteiger partial charge in [0.1, 0.15) is 17.6 Å². The molecule has 2 aromatic carbocycles. The van der Waals surface area contributed by atoms with Crippen molar-refractivity contribution in [3.05, 3.63) is 93.9 Å². The lowest BCUT2D eigenvalue weighted by Gasteiger charge is -2.23. The molecule has 5 nitrogen and oxygen atoms in total. The molecule has 1 saturated heterocycles. The third-order valence-corrected chi connectivity index (χ3v) is 5.26. The minimum absolute atomic E-state index is 0.00593. The molecule has 29 heavy (non-hydrogen) atoms. The number of Topliss-reactive ketones (excluding diaryl/α,β-unsaturated/α-hetero) is 1. The third-order valence-electron chi connectivity index (χ3n) is 5.01. The van der Waals surface area contributed by atoms with Gasteiger partial charge in [-0.15, -0.1) is 0 Å². The highest BCUT2D eigenvalue weighted by Gasteiger charge is 2.48. The Morgan fingerprint density at radius 3 is 2.45 bits per heavy atom. The van der Waals surface area contributed by atoms with Crippen molar-refractivity contribution in [3.8, 4) is 0 Å². The molecule has 1 aliphatic heterocycles. The van der Waals surface area contributed by atoms with Crippen LogP contribution in [0.5, 0.6) is 0 Å². The summed E-state index contributed by atoms with van der Waals surface area (Å²) in [4.78, 5) is 27.3. The lowest BCUT2D eigenvalue weighted by molar-refractivity contribution is -0.132. The molecule has 0 saturated carbocycles. The number of amides is 1. The molecule has 3 aromatic rings. The zero-order valence-electron chi connectivity index (χ0n) is 15.8. The van der Waals surface area contributed by atoms with E-state index in [1.807, 2.05) is 26.0 Å². The number of anilines is 1. The fourth-order valence-corrected chi connectivity index (χ4v) is 3.68. The average molecular weight is 408 g/mol. The molecule has 6 heteroatoms. The van der Waals surface area contributed by atoms with E-state index in [9.17, 15) is 14.7 Å². The number of aryl methyl sites for hydroxylation is 2. The minimum atomic E-state index is -0.883. The van der Waals surface area contributed by atoms with E-state index in [4.69, 9.17) is 16.0 Å². The van der Waals surface area contributed by atoms with Crippen molar-refractivity contribution in [3.63, 3.8) is 0 Å². The second kappa shape index (κ2) is 7.26. The average Bonchev–Trinajstić information content (AvgIpc) is 3.31. The van der Waals surface area contributed by atoms with E-state index in [2.05, 4.69) is 0 Å². The number of furan rings is 1. The molecule has 1 N–H and O–H groups in total. The van der Waals surface area contributed by atoms with Gasteiger partial charge in [-0.25, -0.2) is 0 Å². The first kappa shape index (κ1) is 19.0. The van der Waals surface area contributed by atoms with Gasteiger partial charge in [-0.1, -0.05) is 29.3 Å². The summed E-state index contributed by atoms with van der Waals surface area (Å²) in [6.45, 7) is 3.73. The minimum Gasteiger partial charge on any atom is -0.507 e. The number of nitrogens with zero attached hydrogens (tertiary/aromatic N) is 1. The smallest absolute Gasteiger partial charge is 0.300 e. The highest BCUT2D eigenvalue weighted by Crippen LogP contribution is 2.42. The van der Waals surface area contributed by atoms with Gasteiger partial charge in [0.25, 0.3) is 11.7 Å². The Hall–Kier alpha value is -3.31. The van der Waals surface area contributed by atoms with Crippen LogP contribution in [0, 0.1) is 13.8 Å². The van der Waals surface area contributed by atoms with Crippen LogP contribution in [0.1, 0.15) is 28.5 Å². The zero-order chi connectivity index (χ0) is 20.7. The number of hydrogen-bond donors (Lipinski definition) is 1. The van der Waals surface area contributed by atoms with Gasteiger partial charge < -0.3 is 9.52 Å². The van der Waals surface area contributed by atoms with Crippen LogP contribution in [-0.4, -0.2) is 16.8 Å². The fourth-order valence-electron chi connectivity index (χ4n) is 3.55. The van der Waals surface area contributed by atoms with E-state index >= 15 is 0 Å². The predicted molar refractivity (Wildman–Crippen MR) is 111 cm³/mol. The summed E-state index contributed by atoms with van der Waals surface area (Å²) in [7, 11) is 0. The second-order valence-corrected chi connectivity index (χ2v) is 7.42. The Bertz CT molecular complexity index is 1130. The van der Waals surface area contributed by atoms with E-state index in [0.29, 0.717) is 22.0 Å². The van der Waals surface area contributed by atoms with Crippen LogP contribution in [0.25, 0.3) is 5.76 Å². The molecule has 0 radical (unpaired) electrons. The Morgan fingerprint density at radius 2 is 1.79 bits per heavy atom. The van der Waals surface area contributed by atoms with Gasteiger partial charge in [0.05, 0.1) is 11.8 Å². The summed E-state index contributed by atoms with van der Waals surface area (Å²) >= 11 is 5.97. The number of ketones is 1. The number of halogens is 1. The summed E-state index contributed by atoms with van der Waals surface area (Å²) in [5.74, 6) is -1.34. The maximum absolute atomic E-state index is 13.0. The molecule has 0 spiro atoms. The zero-order valence-corrected chi connectivity index (χ0v) is 16.6. The number of carbonyl (C=O) groups is 2. The molecule has 1 unspecified atom stereocenters. The van der Waals surface area contributed by atoms with Crippen molar-refractivity contribution < 1.29 is 19.1 Å². The Kier molecular flexibility index (Phi) is 4.76. The molecule has 1 atom stereocenters. The third kappa shape index (κ3) is 3.23. The van der Waals surface area contributed by atoms with Crippen LogP contribution < -0.4 is 4.90 Å². The summed E-state index contributed by atoms with van der Waals surface area (Å²) in [6, 6.07) is 14.6. The van der Waals surface area contributed by atoms with Crippen LogP contribution in [0.15, 0.2) is 70.9 Å². The van der Waals surface area contributed by atoms with E-state index < -0.39 is 17.7 Å². The van der Waals surface area contributed by atoms with Crippen LogP contribution >= 0.6 is 11.6 Å². The van der Waals surface area contributed by atoms with Crippen LogP contribution in [-0.2, 0) is 9.59 Å². The van der Waals surface area contributed by atoms with Crippen molar-refractivity contribution in [2.45, 2.75) is 19.9 Å². The van der Waals surface area contributed by atoms with Crippen molar-refractivity contribution in [2.24, 2.45) is 0 Å². The Balaban J connectivity index is 1.95. The molecule has 4 rings (SSSR count). The van der Waals surface area contributed by atoms with Gasteiger partial charge in [-0.3, -0.25) is 14.5 Å². The quantitative estimate of drug-likeness (QED) is 0.369. The molecular weight excluding hydrogens is 390 g/mol. The van der Waals surface area contributed by atoms with Crippen molar-refractivity contribution in [1.29, 1.82) is 0 Å². The number of aliphatic hydroxyl groups excluding tert-OH is 1. The Morgan fingerprint density at radius 1 is 1.07 bits per heavy atom. The van der Waals surface area contributed by atoms with E-state index in [-0.39, 0.29) is 11.3 Å². The van der Waals surface area contributed by atoms with Crippen molar-refractivity contribution in [1.82, 2.24) is 0 Å². The topological polar surface area (TPSA) is 70.8 Å². The van der Waals surface area contributed by atoms with Gasteiger partial charge in [0.2, 0.25) is 0 Å². The molecule has 1 aliphatic rings. The fraction of sp³-hybridized carbons (Fsp3) is 0.130. The van der Waals surface area contributed by atoms with Gasteiger partial charge in [0.15, 0.2) is 0 Å². The van der Waals surface area contributed by atoms with Crippen LogP contribution in [0.2, 0.25) is 5.02 Å². The first-order valence-electron chi connectivity index (χ1n) is 9.06. The molecule has 0 bridgehead atoms. The molecule has 0 aliphatic carbocycles. The van der Waals surface area contributed by atoms with E-state index in [0.717, 1.165) is 11.1 Å². The van der Waals surface area contributed by atoms with Crippen molar-refractivity contribution >= 4 is 34.7 Å². The summed E-state index contributed by atoms with van der Waals surface area (Å²) < 4.78 is 5.54. The molecule has 1 amide bonds.